The quantitative estimate of drug-likeness (QED) is 0.843. The van der Waals surface area contributed by atoms with E-state index in [-0.39, 0.29) is 5.92 Å². The number of hydrogen-bond donors (Lipinski definition) is 0. The summed E-state index contributed by atoms with van der Waals surface area (Å²) >= 11 is 0. The van der Waals surface area contributed by atoms with Gasteiger partial charge in [-0.25, -0.2) is 4.98 Å². The van der Waals surface area contributed by atoms with Gasteiger partial charge < -0.3 is 9.47 Å². The molecule has 1 aliphatic carbocycles. The molecular weight excluding hydrogens is 324 g/mol. The van der Waals surface area contributed by atoms with Crippen LogP contribution < -0.4 is 0 Å². The number of likely N-dealkylation sites (tertiary alicyclic amines) is 1. The van der Waals surface area contributed by atoms with Gasteiger partial charge in [-0.2, -0.15) is 0 Å². The molecular formula is C21H28N4O. The van der Waals surface area contributed by atoms with Crippen molar-refractivity contribution in [2.75, 3.05) is 13.1 Å². The highest BCUT2D eigenvalue weighted by molar-refractivity contribution is 5.79. The normalized spacial score (nSPS) is 21.3. The highest BCUT2D eigenvalue weighted by Crippen LogP contribution is 2.29. The Hall–Kier alpha value is -2.17. The Labute approximate surface area is 155 Å². The number of pyridine rings is 1. The summed E-state index contributed by atoms with van der Waals surface area (Å²) in [6.45, 7) is 4.84. The average Bonchev–Trinajstić information content (AvgIpc) is 3.30. The lowest BCUT2D eigenvalue weighted by atomic mass is 9.88. The first-order valence-electron chi connectivity index (χ1n) is 9.93. The van der Waals surface area contributed by atoms with Gasteiger partial charge in [-0.15, -0.1) is 0 Å². The molecule has 138 valence electrons. The number of carbonyl (C=O) groups excluding carboxylic acids is 1. The molecule has 2 fully saturated rings. The number of amides is 1. The van der Waals surface area contributed by atoms with Gasteiger partial charge in [0.15, 0.2) is 0 Å². The summed E-state index contributed by atoms with van der Waals surface area (Å²) in [6.07, 6.45) is 12.6. The first-order valence-corrected chi connectivity index (χ1v) is 9.93. The van der Waals surface area contributed by atoms with E-state index in [0.717, 1.165) is 50.3 Å². The summed E-state index contributed by atoms with van der Waals surface area (Å²) in [5.74, 6) is 2.20. The molecule has 1 aliphatic heterocycles. The van der Waals surface area contributed by atoms with Crippen LogP contribution in [0.2, 0.25) is 0 Å². The minimum absolute atomic E-state index is 0.282. The number of hydrogen-bond acceptors (Lipinski definition) is 3. The van der Waals surface area contributed by atoms with Crippen LogP contribution in [0.4, 0.5) is 0 Å². The molecule has 1 atom stereocenters. The van der Waals surface area contributed by atoms with E-state index in [4.69, 9.17) is 0 Å². The van der Waals surface area contributed by atoms with Crippen LogP contribution in [0, 0.1) is 18.8 Å². The Morgan fingerprint density at radius 2 is 1.92 bits per heavy atom. The lowest BCUT2D eigenvalue weighted by molar-refractivity contribution is -0.135. The molecule has 5 nitrogen and oxygen atoms in total. The van der Waals surface area contributed by atoms with Crippen molar-refractivity contribution in [3.8, 4) is 11.4 Å². The van der Waals surface area contributed by atoms with Crippen molar-refractivity contribution in [2.45, 2.75) is 52.0 Å². The molecule has 3 heterocycles. The molecule has 1 saturated carbocycles. The van der Waals surface area contributed by atoms with Crippen molar-refractivity contribution < 1.29 is 4.79 Å². The summed E-state index contributed by atoms with van der Waals surface area (Å²) in [5.41, 5.74) is 2.27. The molecule has 0 radical (unpaired) electrons. The Balaban J connectivity index is 1.43. The number of aryl methyl sites for hydroxylation is 1. The summed E-state index contributed by atoms with van der Waals surface area (Å²) in [5, 5.41) is 0. The third kappa shape index (κ3) is 3.53. The molecule has 0 spiro atoms. The minimum Gasteiger partial charge on any atom is -0.342 e. The molecule has 5 heteroatoms. The molecule has 2 aromatic heterocycles. The van der Waals surface area contributed by atoms with Gasteiger partial charge in [-0.05, 0) is 44.2 Å². The molecule has 2 aromatic rings. The molecule has 2 aliphatic rings. The van der Waals surface area contributed by atoms with Crippen molar-refractivity contribution in [3.63, 3.8) is 0 Å². The van der Waals surface area contributed by atoms with E-state index in [1.807, 2.05) is 30.7 Å². The van der Waals surface area contributed by atoms with Gasteiger partial charge in [0.25, 0.3) is 0 Å². The van der Waals surface area contributed by atoms with Crippen molar-refractivity contribution >= 4 is 5.91 Å². The van der Waals surface area contributed by atoms with Gasteiger partial charge >= 0.3 is 0 Å². The van der Waals surface area contributed by atoms with Crippen LogP contribution in [0.5, 0.6) is 0 Å². The lowest BCUT2D eigenvalue weighted by Crippen LogP contribution is -2.35. The standard InChI is InChI=1S/C21H28N4O/c1-16-13-23-20(18-7-10-22-11-8-18)25(16)15-17-9-12-24(14-17)21(26)19-5-3-2-4-6-19/h7-8,10-11,13,17,19H,2-6,9,12,14-15H2,1H3. The predicted molar refractivity (Wildman–Crippen MR) is 101 cm³/mol. The maximum absolute atomic E-state index is 12.8. The molecule has 4 rings (SSSR count). The van der Waals surface area contributed by atoms with E-state index in [2.05, 4.69) is 26.4 Å². The van der Waals surface area contributed by atoms with E-state index in [1.165, 1.54) is 25.0 Å². The SMILES string of the molecule is Cc1cnc(-c2ccncc2)n1CC1CCN(C(=O)C2CCCCC2)C1. The van der Waals surface area contributed by atoms with E-state index < -0.39 is 0 Å². The van der Waals surface area contributed by atoms with Gasteiger partial charge in [0.05, 0.1) is 0 Å². The molecule has 0 aromatic carbocycles. The largest absolute Gasteiger partial charge is 0.342 e. The van der Waals surface area contributed by atoms with Crippen molar-refractivity contribution in [2.24, 2.45) is 11.8 Å². The van der Waals surface area contributed by atoms with Crippen LogP contribution in [-0.4, -0.2) is 38.4 Å². The fraction of sp³-hybridized carbons (Fsp3) is 0.571. The Morgan fingerprint density at radius 3 is 2.69 bits per heavy atom. The van der Waals surface area contributed by atoms with Crippen molar-refractivity contribution in [1.82, 2.24) is 19.4 Å². The third-order valence-corrected chi connectivity index (χ3v) is 5.99. The number of carbonyl (C=O) groups is 1. The summed E-state index contributed by atoms with van der Waals surface area (Å²) in [4.78, 5) is 23.6. The second-order valence-corrected chi connectivity index (χ2v) is 7.84. The fourth-order valence-electron chi connectivity index (χ4n) is 4.47. The van der Waals surface area contributed by atoms with Gasteiger partial charge in [0.1, 0.15) is 5.82 Å². The van der Waals surface area contributed by atoms with Gasteiger partial charge in [0.2, 0.25) is 5.91 Å². The maximum atomic E-state index is 12.8. The van der Waals surface area contributed by atoms with Gasteiger partial charge in [-0.1, -0.05) is 19.3 Å². The number of rotatable bonds is 4. The van der Waals surface area contributed by atoms with Crippen LogP contribution in [0.15, 0.2) is 30.7 Å². The Morgan fingerprint density at radius 1 is 1.15 bits per heavy atom. The topological polar surface area (TPSA) is 51.0 Å². The van der Waals surface area contributed by atoms with Gasteiger partial charge in [0, 0.05) is 55.4 Å². The fourth-order valence-corrected chi connectivity index (χ4v) is 4.47. The highest BCUT2D eigenvalue weighted by Gasteiger charge is 2.32. The number of aromatic nitrogens is 3. The number of imidazole rings is 1. The molecule has 0 bridgehead atoms. The Bertz CT molecular complexity index is 749. The van der Waals surface area contributed by atoms with Crippen molar-refractivity contribution in [3.05, 3.63) is 36.4 Å². The van der Waals surface area contributed by atoms with Crippen LogP contribution in [0.25, 0.3) is 11.4 Å². The Kier molecular flexibility index (Phi) is 5.05. The van der Waals surface area contributed by atoms with Crippen LogP contribution in [0.1, 0.15) is 44.2 Å². The lowest BCUT2D eigenvalue weighted by Gasteiger charge is -2.26. The van der Waals surface area contributed by atoms with Crippen LogP contribution in [-0.2, 0) is 11.3 Å². The molecule has 1 amide bonds. The average molecular weight is 352 g/mol. The maximum Gasteiger partial charge on any atom is 0.225 e. The van der Waals surface area contributed by atoms with E-state index in [0.29, 0.717) is 11.8 Å². The zero-order valence-electron chi connectivity index (χ0n) is 15.6. The third-order valence-electron chi connectivity index (χ3n) is 5.99. The summed E-state index contributed by atoms with van der Waals surface area (Å²) in [6, 6.07) is 4.01. The van der Waals surface area contributed by atoms with Crippen LogP contribution >= 0.6 is 0 Å². The summed E-state index contributed by atoms with van der Waals surface area (Å²) in [7, 11) is 0. The number of nitrogens with zero attached hydrogens (tertiary/aromatic N) is 4. The zero-order valence-corrected chi connectivity index (χ0v) is 15.6. The second kappa shape index (κ2) is 7.60. The van der Waals surface area contributed by atoms with E-state index in [1.54, 1.807) is 0 Å². The van der Waals surface area contributed by atoms with Crippen molar-refractivity contribution in [1.29, 1.82) is 0 Å². The molecule has 26 heavy (non-hydrogen) atoms. The predicted octanol–water partition coefficient (Wildman–Crippen LogP) is 3.68. The van der Waals surface area contributed by atoms with E-state index >= 15 is 0 Å². The smallest absolute Gasteiger partial charge is 0.225 e. The first kappa shape index (κ1) is 17.3. The minimum atomic E-state index is 0.282. The monoisotopic (exact) mass is 352 g/mol. The highest BCUT2D eigenvalue weighted by atomic mass is 16.2. The zero-order chi connectivity index (χ0) is 17.9. The summed E-state index contributed by atoms with van der Waals surface area (Å²) < 4.78 is 2.30. The van der Waals surface area contributed by atoms with Gasteiger partial charge in [-0.3, -0.25) is 9.78 Å². The molecule has 1 unspecified atom stereocenters. The molecule has 1 saturated heterocycles. The van der Waals surface area contributed by atoms with E-state index in [9.17, 15) is 4.79 Å². The first-order chi connectivity index (χ1) is 12.7. The second-order valence-electron chi connectivity index (χ2n) is 7.84. The molecule has 0 N–H and O–H groups in total. The van der Waals surface area contributed by atoms with Crippen LogP contribution in [0.3, 0.4) is 0 Å².